The number of amides is 3. The number of fused-ring (bicyclic) bond motifs is 1. The SMILES string of the molecule is CN1C(=O)/C(=C/c2ccccc2Cl)Sc2ccc(C(=O)N3CCN(C(=O)c4ccco4)CC3)cc21. The van der Waals surface area contributed by atoms with Crippen molar-refractivity contribution in [3.05, 3.63) is 87.7 Å². The predicted molar refractivity (Wildman–Crippen MR) is 136 cm³/mol. The summed E-state index contributed by atoms with van der Waals surface area (Å²) in [7, 11) is 1.70. The molecule has 0 saturated carbocycles. The van der Waals surface area contributed by atoms with Crippen molar-refractivity contribution in [1.29, 1.82) is 0 Å². The first-order valence-corrected chi connectivity index (χ1v) is 12.3. The van der Waals surface area contributed by atoms with Gasteiger partial charge in [0.15, 0.2) is 5.76 Å². The average molecular weight is 508 g/mol. The second-order valence-electron chi connectivity index (χ2n) is 8.24. The third kappa shape index (κ3) is 4.59. The lowest BCUT2D eigenvalue weighted by molar-refractivity contribution is -0.114. The van der Waals surface area contributed by atoms with Gasteiger partial charge in [-0.05, 0) is 48.0 Å². The lowest BCUT2D eigenvalue weighted by atomic mass is 10.1. The van der Waals surface area contributed by atoms with Crippen LogP contribution in [0, 0.1) is 0 Å². The monoisotopic (exact) mass is 507 g/mol. The molecule has 0 N–H and O–H groups in total. The lowest BCUT2D eigenvalue weighted by Crippen LogP contribution is -2.50. The number of piperazine rings is 1. The molecule has 2 aliphatic rings. The van der Waals surface area contributed by atoms with Crippen molar-refractivity contribution in [3.63, 3.8) is 0 Å². The van der Waals surface area contributed by atoms with Crippen molar-refractivity contribution in [3.8, 4) is 0 Å². The number of hydrogen-bond acceptors (Lipinski definition) is 5. The Morgan fingerprint density at radius 3 is 2.37 bits per heavy atom. The summed E-state index contributed by atoms with van der Waals surface area (Å²) >= 11 is 7.63. The van der Waals surface area contributed by atoms with Gasteiger partial charge in [0.25, 0.3) is 17.7 Å². The molecule has 3 aromatic rings. The summed E-state index contributed by atoms with van der Waals surface area (Å²) in [4.78, 5) is 45.1. The molecule has 1 fully saturated rings. The molecule has 1 saturated heterocycles. The minimum absolute atomic E-state index is 0.124. The van der Waals surface area contributed by atoms with E-state index in [1.54, 1.807) is 58.2 Å². The molecule has 0 unspecified atom stereocenters. The summed E-state index contributed by atoms with van der Waals surface area (Å²) in [5.74, 6) is -0.153. The Labute approximate surface area is 211 Å². The molecule has 0 radical (unpaired) electrons. The summed E-state index contributed by atoms with van der Waals surface area (Å²) in [5, 5.41) is 0.578. The van der Waals surface area contributed by atoms with Gasteiger partial charge in [0.1, 0.15) is 0 Å². The van der Waals surface area contributed by atoms with Gasteiger partial charge in [-0.2, -0.15) is 0 Å². The number of carbonyl (C=O) groups is 3. The van der Waals surface area contributed by atoms with Crippen molar-refractivity contribution in [2.75, 3.05) is 38.1 Å². The Balaban J connectivity index is 1.30. The lowest BCUT2D eigenvalue weighted by Gasteiger charge is -2.34. The summed E-state index contributed by atoms with van der Waals surface area (Å²) in [5.41, 5.74) is 1.97. The summed E-state index contributed by atoms with van der Waals surface area (Å²) in [6.07, 6.45) is 3.26. The van der Waals surface area contributed by atoms with E-state index in [0.717, 1.165) is 10.5 Å². The van der Waals surface area contributed by atoms with E-state index in [4.69, 9.17) is 16.0 Å². The smallest absolute Gasteiger partial charge is 0.289 e. The molecular weight excluding hydrogens is 486 g/mol. The van der Waals surface area contributed by atoms with E-state index in [1.807, 2.05) is 24.3 Å². The van der Waals surface area contributed by atoms with Crippen LogP contribution in [0.2, 0.25) is 5.02 Å². The third-order valence-corrected chi connectivity index (χ3v) is 7.50. The largest absolute Gasteiger partial charge is 0.459 e. The number of thioether (sulfide) groups is 1. The number of likely N-dealkylation sites (N-methyl/N-ethyl adjacent to an activating group) is 1. The van der Waals surface area contributed by atoms with Crippen LogP contribution in [0.4, 0.5) is 5.69 Å². The molecule has 0 aliphatic carbocycles. The van der Waals surface area contributed by atoms with E-state index < -0.39 is 0 Å². The molecule has 2 aromatic carbocycles. The highest BCUT2D eigenvalue weighted by molar-refractivity contribution is 8.04. The highest BCUT2D eigenvalue weighted by Gasteiger charge is 2.30. The van der Waals surface area contributed by atoms with E-state index in [2.05, 4.69) is 0 Å². The number of anilines is 1. The Morgan fingerprint density at radius 2 is 1.69 bits per heavy atom. The molecule has 1 aromatic heterocycles. The van der Waals surface area contributed by atoms with Gasteiger partial charge in [-0.1, -0.05) is 41.6 Å². The van der Waals surface area contributed by atoms with E-state index in [-0.39, 0.29) is 17.7 Å². The second-order valence-corrected chi connectivity index (χ2v) is 9.73. The average Bonchev–Trinajstić information content (AvgIpc) is 3.43. The standard InChI is InChI=1S/C26H22ClN3O4S/c1-28-20-15-18(24(31)29-10-12-30(13-11-29)25(32)21-7-4-14-34-21)8-9-22(20)35-23(26(28)33)16-17-5-2-3-6-19(17)27/h2-9,14-16H,10-13H2,1H3/b23-16-. The van der Waals surface area contributed by atoms with E-state index in [9.17, 15) is 14.4 Å². The topological polar surface area (TPSA) is 74.1 Å². The first kappa shape index (κ1) is 23.3. The normalized spacial score (nSPS) is 17.0. The maximum Gasteiger partial charge on any atom is 0.289 e. The van der Waals surface area contributed by atoms with Gasteiger partial charge < -0.3 is 19.1 Å². The van der Waals surface area contributed by atoms with Gasteiger partial charge in [-0.15, -0.1) is 0 Å². The number of nitrogens with zero attached hydrogens (tertiary/aromatic N) is 3. The molecular formula is C26H22ClN3O4S. The number of rotatable bonds is 3. The zero-order chi connectivity index (χ0) is 24.5. The van der Waals surface area contributed by atoms with Crippen LogP contribution in [-0.4, -0.2) is 60.7 Å². The molecule has 7 nitrogen and oxygen atoms in total. The maximum absolute atomic E-state index is 13.2. The van der Waals surface area contributed by atoms with Crippen LogP contribution in [-0.2, 0) is 4.79 Å². The fourth-order valence-corrected chi connectivity index (χ4v) is 5.39. The van der Waals surface area contributed by atoms with Crippen LogP contribution in [0.15, 0.2) is 75.1 Å². The molecule has 0 spiro atoms. The van der Waals surface area contributed by atoms with E-state index in [0.29, 0.717) is 53.1 Å². The van der Waals surface area contributed by atoms with Crippen LogP contribution in [0.25, 0.3) is 6.08 Å². The highest BCUT2D eigenvalue weighted by Crippen LogP contribution is 2.42. The predicted octanol–water partition coefficient (Wildman–Crippen LogP) is 4.64. The molecule has 5 rings (SSSR count). The second kappa shape index (κ2) is 9.64. The summed E-state index contributed by atoms with van der Waals surface area (Å²) in [6, 6.07) is 16.1. The molecule has 0 bridgehead atoms. The van der Waals surface area contributed by atoms with E-state index in [1.165, 1.54) is 18.0 Å². The van der Waals surface area contributed by atoms with Crippen LogP contribution < -0.4 is 4.90 Å². The zero-order valence-corrected chi connectivity index (χ0v) is 20.5. The van der Waals surface area contributed by atoms with Crippen LogP contribution in [0.1, 0.15) is 26.5 Å². The van der Waals surface area contributed by atoms with Crippen LogP contribution in [0.3, 0.4) is 0 Å². The molecule has 9 heteroatoms. The fourth-order valence-electron chi connectivity index (χ4n) is 4.11. The molecule has 2 aliphatic heterocycles. The number of carbonyl (C=O) groups excluding carboxylic acids is 3. The first-order valence-electron chi connectivity index (χ1n) is 11.1. The zero-order valence-electron chi connectivity index (χ0n) is 18.9. The van der Waals surface area contributed by atoms with Crippen molar-refractivity contribution in [2.24, 2.45) is 0 Å². The quantitative estimate of drug-likeness (QED) is 0.483. The molecule has 35 heavy (non-hydrogen) atoms. The summed E-state index contributed by atoms with van der Waals surface area (Å²) in [6.45, 7) is 1.72. The number of benzene rings is 2. The molecule has 0 atom stereocenters. The van der Waals surface area contributed by atoms with E-state index >= 15 is 0 Å². The highest BCUT2D eigenvalue weighted by atomic mass is 35.5. The van der Waals surface area contributed by atoms with Gasteiger partial charge in [-0.3, -0.25) is 14.4 Å². The van der Waals surface area contributed by atoms with Crippen LogP contribution in [0.5, 0.6) is 0 Å². The Hall–Kier alpha value is -3.49. The van der Waals surface area contributed by atoms with Gasteiger partial charge >= 0.3 is 0 Å². The van der Waals surface area contributed by atoms with Gasteiger partial charge in [0.05, 0.1) is 16.9 Å². The number of hydrogen-bond donors (Lipinski definition) is 0. The molecule has 3 heterocycles. The van der Waals surface area contributed by atoms with Crippen molar-refractivity contribution in [1.82, 2.24) is 9.80 Å². The Bertz CT molecular complexity index is 1330. The Morgan fingerprint density at radius 1 is 0.971 bits per heavy atom. The van der Waals surface area contributed by atoms with Crippen molar-refractivity contribution < 1.29 is 18.8 Å². The number of halogens is 1. The molecule has 3 amide bonds. The Kier molecular flexibility index (Phi) is 6.40. The third-order valence-electron chi connectivity index (χ3n) is 6.08. The van der Waals surface area contributed by atoms with Crippen LogP contribution >= 0.6 is 23.4 Å². The summed E-state index contributed by atoms with van der Waals surface area (Å²) < 4.78 is 5.19. The minimum Gasteiger partial charge on any atom is -0.459 e. The van der Waals surface area contributed by atoms with Gasteiger partial charge in [0.2, 0.25) is 0 Å². The fraction of sp³-hybridized carbons (Fsp3) is 0.192. The minimum atomic E-state index is -0.173. The number of furan rings is 1. The van der Waals surface area contributed by atoms with Gasteiger partial charge in [-0.25, -0.2) is 0 Å². The van der Waals surface area contributed by atoms with Gasteiger partial charge in [0, 0.05) is 48.7 Å². The van der Waals surface area contributed by atoms with Crippen molar-refractivity contribution >= 4 is 52.8 Å². The maximum atomic E-state index is 13.2. The first-order chi connectivity index (χ1) is 16.9. The molecule has 178 valence electrons. The van der Waals surface area contributed by atoms with Crippen molar-refractivity contribution in [2.45, 2.75) is 4.90 Å².